The average molecular weight is 398 g/mol. The molecular formula is C18H21F3N4O3. The number of nitrogens with zero attached hydrogens (tertiary/aromatic N) is 2. The number of alkyl halides is 3. The SMILES string of the molecule is C=C(/N=C\C=C/N)OC1CCN(C(=O)Nc2ccc(OC(F)(F)F)cc2)CC1. The van der Waals surface area contributed by atoms with Gasteiger partial charge in [0, 0.05) is 37.8 Å². The molecule has 0 saturated carbocycles. The van der Waals surface area contributed by atoms with Crippen molar-refractivity contribution in [2.24, 2.45) is 10.7 Å². The number of aliphatic imine (C=N–C) groups is 1. The molecule has 152 valence electrons. The predicted octanol–water partition coefficient (Wildman–Crippen LogP) is 3.61. The van der Waals surface area contributed by atoms with Gasteiger partial charge in [-0.15, -0.1) is 13.2 Å². The summed E-state index contributed by atoms with van der Waals surface area (Å²) in [6, 6.07) is 4.61. The fourth-order valence-corrected chi connectivity index (χ4v) is 2.52. The van der Waals surface area contributed by atoms with Crippen LogP contribution in [0.25, 0.3) is 0 Å². The molecule has 1 saturated heterocycles. The van der Waals surface area contributed by atoms with Gasteiger partial charge in [-0.3, -0.25) is 0 Å². The van der Waals surface area contributed by atoms with Crippen LogP contribution in [0.1, 0.15) is 12.8 Å². The highest BCUT2D eigenvalue weighted by Gasteiger charge is 2.31. The first-order chi connectivity index (χ1) is 13.3. The van der Waals surface area contributed by atoms with Crippen molar-refractivity contribution in [2.75, 3.05) is 18.4 Å². The molecule has 0 bridgehead atoms. The molecule has 0 radical (unpaired) electrons. The highest BCUT2D eigenvalue weighted by Crippen LogP contribution is 2.24. The zero-order valence-electron chi connectivity index (χ0n) is 15.0. The first kappa shape index (κ1) is 21.1. The van der Waals surface area contributed by atoms with E-state index in [-0.39, 0.29) is 23.8 Å². The Labute approximate surface area is 160 Å². The number of carbonyl (C=O) groups excluding carboxylic acids is 1. The van der Waals surface area contributed by atoms with Crippen molar-refractivity contribution in [1.82, 2.24) is 4.90 Å². The van der Waals surface area contributed by atoms with Crippen molar-refractivity contribution in [3.63, 3.8) is 0 Å². The molecule has 0 aliphatic carbocycles. The van der Waals surface area contributed by atoms with Gasteiger partial charge in [-0.25, -0.2) is 9.79 Å². The van der Waals surface area contributed by atoms with Crippen LogP contribution in [0.15, 0.2) is 54.0 Å². The van der Waals surface area contributed by atoms with E-state index in [2.05, 4.69) is 21.6 Å². The normalized spacial score (nSPS) is 15.8. The molecule has 1 fully saturated rings. The lowest BCUT2D eigenvalue weighted by Crippen LogP contribution is -2.42. The Morgan fingerprint density at radius 2 is 1.93 bits per heavy atom. The number of amides is 2. The second kappa shape index (κ2) is 9.67. The number of nitrogens with one attached hydrogen (secondary N) is 1. The van der Waals surface area contributed by atoms with E-state index in [4.69, 9.17) is 10.5 Å². The Hall–Kier alpha value is -3.17. The second-order valence-corrected chi connectivity index (χ2v) is 5.86. The summed E-state index contributed by atoms with van der Waals surface area (Å²) in [4.78, 5) is 17.9. The third-order valence-electron chi connectivity index (χ3n) is 3.79. The van der Waals surface area contributed by atoms with Crippen LogP contribution in [-0.4, -0.2) is 42.7 Å². The number of carbonyl (C=O) groups is 1. The molecule has 2 rings (SSSR count). The van der Waals surface area contributed by atoms with Gasteiger partial charge in [-0.05, 0) is 43.1 Å². The van der Waals surface area contributed by atoms with Crippen LogP contribution >= 0.6 is 0 Å². The summed E-state index contributed by atoms with van der Waals surface area (Å²) in [7, 11) is 0. The number of benzene rings is 1. The predicted molar refractivity (Wildman–Crippen MR) is 98.8 cm³/mol. The summed E-state index contributed by atoms with van der Waals surface area (Å²) >= 11 is 0. The average Bonchev–Trinajstić information content (AvgIpc) is 2.63. The molecule has 0 aromatic heterocycles. The fourth-order valence-electron chi connectivity index (χ4n) is 2.52. The monoisotopic (exact) mass is 398 g/mol. The number of hydrogen-bond acceptors (Lipinski definition) is 5. The third-order valence-corrected chi connectivity index (χ3v) is 3.79. The Morgan fingerprint density at radius 1 is 1.29 bits per heavy atom. The number of allylic oxidation sites excluding steroid dienone is 1. The quantitative estimate of drug-likeness (QED) is 0.566. The molecule has 1 aliphatic heterocycles. The molecule has 1 aromatic rings. The minimum Gasteiger partial charge on any atom is -0.475 e. The van der Waals surface area contributed by atoms with E-state index in [1.165, 1.54) is 24.5 Å². The Morgan fingerprint density at radius 3 is 2.50 bits per heavy atom. The van der Waals surface area contributed by atoms with Crippen LogP contribution in [0.5, 0.6) is 5.75 Å². The van der Waals surface area contributed by atoms with Crippen LogP contribution in [0.4, 0.5) is 23.7 Å². The number of halogens is 3. The fraction of sp³-hybridized carbons (Fsp3) is 0.333. The molecular weight excluding hydrogens is 377 g/mol. The van der Waals surface area contributed by atoms with E-state index in [1.54, 1.807) is 11.0 Å². The van der Waals surface area contributed by atoms with Crippen molar-refractivity contribution in [3.8, 4) is 5.75 Å². The zero-order chi connectivity index (χ0) is 20.6. The van der Waals surface area contributed by atoms with E-state index in [0.717, 1.165) is 12.1 Å². The molecule has 1 aliphatic rings. The van der Waals surface area contributed by atoms with Crippen LogP contribution in [0.2, 0.25) is 0 Å². The maximum Gasteiger partial charge on any atom is 0.573 e. The Bertz CT molecular complexity index is 725. The van der Waals surface area contributed by atoms with Crippen molar-refractivity contribution < 1.29 is 27.4 Å². The van der Waals surface area contributed by atoms with Crippen molar-refractivity contribution >= 4 is 17.9 Å². The van der Waals surface area contributed by atoms with Crippen molar-refractivity contribution in [3.05, 3.63) is 49.0 Å². The number of hydrogen-bond donors (Lipinski definition) is 2. The van der Waals surface area contributed by atoms with Crippen molar-refractivity contribution in [1.29, 1.82) is 0 Å². The van der Waals surface area contributed by atoms with E-state index >= 15 is 0 Å². The van der Waals surface area contributed by atoms with Gasteiger partial charge >= 0.3 is 12.4 Å². The molecule has 10 heteroatoms. The first-order valence-corrected chi connectivity index (χ1v) is 8.45. The van der Waals surface area contributed by atoms with Gasteiger partial charge in [0.25, 0.3) is 0 Å². The van der Waals surface area contributed by atoms with Gasteiger partial charge in [0.05, 0.1) is 0 Å². The lowest BCUT2D eigenvalue weighted by Gasteiger charge is -2.32. The smallest absolute Gasteiger partial charge is 0.475 e. The molecule has 0 spiro atoms. The lowest BCUT2D eigenvalue weighted by atomic mass is 10.1. The Balaban J connectivity index is 1.78. The number of urea groups is 1. The van der Waals surface area contributed by atoms with E-state index in [0.29, 0.717) is 31.6 Å². The third kappa shape index (κ3) is 7.22. The van der Waals surface area contributed by atoms with Crippen LogP contribution < -0.4 is 15.8 Å². The van der Waals surface area contributed by atoms with Gasteiger partial charge in [-0.1, -0.05) is 0 Å². The minimum atomic E-state index is -4.76. The highest BCUT2D eigenvalue weighted by molar-refractivity contribution is 5.89. The molecule has 1 aromatic carbocycles. The number of likely N-dealkylation sites (tertiary alicyclic amines) is 1. The van der Waals surface area contributed by atoms with Crippen molar-refractivity contribution in [2.45, 2.75) is 25.3 Å². The maximum absolute atomic E-state index is 12.3. The largest absolute Gasteiger partial charge is 0.573 e. The summed E-state index contributed by atoms with van der Waals surface area (Å²) in [5.41, 5.74) is 5.56. The molecule has 2 amide bonds. The van der Waals surface area contributed by atoms with Gasteiger partial charge in [0.1, 0.15) is 11.9 Å². The molecule has 1 heterocycles. The summed E-state index contributed by atoms with van der Waals surface area (Å²) in [5.74, 6) is -0.0875. The first-order valence-electron chi connectivity index (χ1n) is 8.45. The molecule has 0 atom stereocenters. The summed E-state index contributed by atoms with van der Waals surface area (Å²) < 4.78 is 45.9. The number of piperidine rings is 1. The number of ether oxygens (including phenoxy) is 2. The van der Waals surface area contributed by atoms with Gasteiger partial charge in [0.2, 0.25) is 5.88 Å². The number of anilines is 1. The number of rotatable bonds is 6. The molecule has 0 unspecified atom stereocenters. The molecule has 3 N–H and O–H groups in total. The second-order valence-electron chi connectivity index (χ2n) is 5.86. The Kier molecular flexibility index (Phi) is 7.30. The van der Waals surface area contributed by atoms with E-state index in [9.17, 15) is 18.0 Å². The molecule has 28 heavy (non-hydrogen) atoms. The summed E-state index contributed by atoms with van der Waals surface area (Å²) in [6.07, 6.45) is 0.702. The standard InChI is InChI=1S/C18H21F3N4O3/c1-13(23-10-2-9-22)27-15-7-11-25(12-8-15)17(26)24-14-3-5-16(6-4-14)28-18(19,20)21/h2-6,9-10,15H,1,7-8,11-12,22H2,(H,24,26)/b9-2-,23-10-. The number of nitrogens with two attached hydrogens (primary N) is 1. The van der Waals surface area contributed by atoms with E-state index in [1.807, 2.05) is 0 Å². The van der Waals surface area contributed by atoms with Crippen LogP contribution in [0, 0.1) is 0 Å². The zero-order valence-corrected chi connectivity index (χ0v) is 15.0. The topological polar surface area (TPSA) is 89.2 Å². The summed E-state index contributed by atoms with van der Waals surface area (Å²) in [5, 5.41) is 2.64. The van der Waals surface area contributed by atoms with Gasteiger partial charge < -0.3 is 25.4 Å². The summed E-state index contributed by atoms with van der Waals surface area (Å²) in [6.45, 7) is 4.62. The van der Waals surface area contributed by atoms with Crippen LogP contribution in [0.3, 0.4) is 0 Å². The maximum atomic E-state index is 12.3. The highest BCUT2D eigenvalue weighted by atomic mass is 19.4. The minimum absolute atomic E-state index is 0.102. The van der Waals surface area contributed by atoms with E-state index < -0.39 is 6.36 Å². The van der Waals surface area contributed by atoms with Crippen LogP contribution in [-0.2, 0) is 4.74 Å². The lowest BCUT2D eigenvalue weighted by molar-refractivity contribution is -0.274. The van der Waals surface area contributed by atoms with Gasteiger partial charge in [0.15, 0.2) is 0 Å². The van der Waals surface area contributed by atoms with Gasteiger partial charge in [-0.2, -0.15) is 0 Å². The molecule has 7 nitrogen and oxygen atoms in total.